The van der Waals surface area contributed by atoms with Gasteiger partial charge >= 0.3 is 0 Å². The van der Waals surface area contributed by atoms with Crippen molar-refractivity contribution in [3.05, 3.63) is 30.9 Å². The number of ether oxygens (including phenoxy) is 2. The van der Waals surface area contributed by atoms with Gasteiger partial charge in [0, 0.05) is 25.4 Å². The summed E-state index contributed by atoms with van der Waals surface area (Å²) in [5.41, 5.74) is 7.57. The first kappa shape index (κ1) is 13.5. The summed E-state index contributed by atoms with van der Waals surface area (Å²) >= 11 is 0. The standard InChI is InChI=1S/C13H18N4O2/c1-18-6-7-19-5-4-17-10-15-9-12(17)11-2-3-13(14)16-8-11/h2-3,8-10H,4-7H2,1H3,(H2,14,16). The van der Waals surface area contributed by atoms with Gasteiger partial charge in [0.15, 0.2) is 0 Å². The number of anilines is 1. The van der Waals surface area contributed by atoms with Crippen molar-refractivity contribution in [2.45, 2.75) is 6.54 Å². The van der Waals surface area contributed by atoms with Gasteiger partial charge in [0.1, 0.15) is 5.82 Å². The quantitative estimate of drug-likeness (QED) is 0.759. The third-order valence-electron chi connectivity index (χ3n) is 2.70. The number of methoxy groups -OCH3 is 1. The Morgan fingerprint density at radius 1 is 1.21 bits per heavy atom. The number of nitrogens with zero attached hydrogens (tertiary/aromatic N) is 3. The van der Waals surface area contributed by atoms with Crippen LogP contribution < -0.4 is 5.73 Å². The van der Waals surface area contributed by atoms with Crippen LogP contribution in [-0.4, -0.2) is 41.5 Å². The van der Waals surface area contributed by atoms with E-state index in [1.165, 1.54) is 0 Å². The molecule has 0 aromatic carbocycles. The highest BCUT2D eigenvalue weighted by molar-refractivity contribution is 5.59. The largest absolute Gasteiger partial charge is 0.384 e. The zero-order valence-electron chi connectivity index (χ0n) is 11.0. The molecule has 2 aromatic heterocycles. The van der Waals surface area contributed by atoms with E-state index in [-0.39, 0.29) is 0 Å². The maximum Gasteiger partial charge on any atom is 0.123 e. The SMILES string of the molecule is COCCOCCn1cncc1-c1ccc(N)nc1. The zero-order valence-corrected chi connectivity index (χ0v) is 11.0. The molecule has 0 amide bonds. The average Bonchev–Trinajstić information content (AvgIpc) is 2.88. The third kappa shape index (κ3) is 3.77. The summed E-state index contributed by atoms with van der Waals surface area (Å²) in [5.74, 6) is 0.512. The number of nitrogen functional groups attached to an aromatic ring is 1. The molecule has 0 saturated carbocycles. The summed E-state index contributed by atoms with van der Waals surface area (Å²) in [6.45, 7) is 2.57. The second-order valence-electron chi connectivity index (χ2n) is 4.05. The van der Waals surface area contributed by atoms with Gasteiger partial charge in [-0.1, -0.05) is 0 Å². The van der Waals surface area contributed by atoms with E-state index in [0.717, 1.165) is 17.8 Å². The molecule has 0 radical (unpaired) electrons. The average molecular weight is 262 g/mol. The minimum Gasteiger partial charge on any atom is -0.384 e. The molecule has 2 N–H and O–H groups in total. The molecule has 0 aliphatic rings. The molecule has 0 fully saturated rings. The van der Waals surface area contributed by atoms with Crippen molar-refractivity contribution < 1.29 is 9.47 Å². The Bertz CT molecular complexity index is 496. The Kier molecular flexibility index (Phi) is 4.88. The van der Waals surface area contributed by atoms with Crippen LogP contribution in [0, 0.1) is 0 Å². The van der Waals surface area contributed by atoms with Crippen molar-refractivity contribution in [2.75, 3.05) is 32.7 Å². The molecule has 0 spiro atoms. The minimum atomic E-state index is 0.512. The van der Waals surface area contributed by atoms with Crippen molar-refractivity contribution in [1.29, 1.82) is 0 Å². The number of rotatable bonds is 7. The smallest absolute Gasteiger partial charge is 0.123 e. The molecule has 6 heteroatoms. The highest BCUT2D eigenvalue weighted by Gasteiger charge is 2.05. The molecule has 0 aliphatic heterocycles. The Balaban J connectivity index is 1.96. The van der Waals surface area contributed by atoms with Gasteiger partial charge < -0.3 is 19.8 Å². The Labute approximate surface area is 112 Å². The van der Waals surface area contributed by atoms with Gasteiger partial charge in [0.25, 0.3) is 0 Å². The minimum absolute atomic E-state index is 0.512. The summed E-state index contributed by atoms with van der Waals surface area (Å²) in [4.78, 5) is 8.25. The van der Waals surface area contributed by atoms with Crippen LogP contribution in [0.4, 0.5) is 5.82 Å². The van der Waals surface area contributed by atoms with Crippen molar-refractivity contribution in [3.63, 3.8) is 0 Å². The molecule has 0 unspecified atom stereocenters. The molecular weight excluding hydrogens is 244 g/mol. The van der Waals surface area contributed by atoms with E-state index in [1.807, 2.05) is 16.8 Å². The van der Waals surface area contributed by atoms with Crippen molar-refractivity contribution in [3.8, 4) is 11.3 Å². The monoisotopic (exact) mass is 262 g/mol. The lowest BCUT2D eigenvalue weighted by Gasteiger charge is -2.08. The maximum absolute atomic E-state index is 5.58. The summed E-state index contributed by atoms with van der Waals surface area (Å²) < 4.78 is 12.4. The van der Waals surface area contributed by atoms with Crippen LogP contribution in [0.15, 0.2) is 30.9 Å². The van der Waals surface area contributed by atoms with E-state index in [9.17, 15) is 0 Å². The first-order chi connectivity index (χ1) is 9.31. The molecule has 0 aliphatic carbocycles. The number of aromatic nitrogens is 3. The molecule has 2 heterocycles. The summed E-state index contributed by atoms with van der Waals surface area (Å²) in [5, 5.41) is 0. The van der Waals surface area contributed by atoms with Crippen molar-refractivity contribution in [2.24, 2.45) is 0 Å². The third-order valence-corrected chi connectivity index (χ3v) is 2.70. The van der Waals surface area contributed by atoms with Gasteiger partial charge in [-0.2, -0.15) is 0 Å². The van der Waals surface area contributed by atoms with Crippen molar-refractivity contribution >= 4 is 5.82 Å². The zero-order chi connectivity index (χ0) is 13.5. The highest BCUT2D eigenvalue weighted by Crippen LogP contribution is 2.18. The predicted molar refractivity (Wildman–Crippen MR) is 72.6 cm³/mol. The Morgan fingerprint density at radius 3 is 2.84 bits per heavy atom. The molecular formula is C13H18N4O2. The lowest BCUT2D eigenvalue weighted by Crippen LogP contribution is -2.09. The molecule has 19 heavy (non-hydrogen) atoms. The van der Waals surface area contributed by atoms with Gasteiger partial charge in [-0.15, -0.1) is 0 Å². The lowest BCUT2D eigenvalue weighted by molar-refractivity contribution is 0.0667. The number of hydrogen-bond donors (Lipinski definition) is 1. The van der Waals surface area contributed by atoms with Crippen LogP contribution in [-0.2, 0) is 16.0 Å². The second kappa shape index (κ2) is 6.86. The first-order valence-corrected chi connectivity index (χ1v) is 6.10. The summed E-state index contributed by atoms with van der Waals surface area (Å²) in [6.07, 6.45) is 5.34. The number of hydrogen-bond acceptors (Lipinski definition) is 5. The topological polar surface area (TPSA) is 75.2 Å². The fourth-order valence-electron chi connectivity index (χ4n) is 1.70. The van der Waals surface area contributed by atoms with Crippen LogP contribution in [0.25, 0.3) is 11.3 Å². The van der Waals surface area contributed by atoms with Gasteiger partial charge in [0.05, 0.1) is 38.0 Å². The maximum atomic E-state index is 5.58. The molecule has 0 atom stereocenters. The number of nitrogens with two attached hydrogens (primary N) is 1. The van der Waals surface area contributed by atoms with Crippen LogP contribution in [0.1, 0.15) is 0 Å². The fourth-order valence-corrected chi connectivity index (χ4v) is 1.70. The normalized spacial score (nSPS) is 10.8. The van der Waals surface area contributed by atoms with E-state index in [0.29, 0.717) is 25.6 Å². The molecule has 2 rings (SSSR count). The Hall–Kier alpha value is -1.92. The highest BCUT2D eigenvalue weighted by atomic mass is 16.5. The van der Waals surface area contributed by atoms with Crippen LogP contribution >= 0.6 is 0 Å². The van der Waals surface area contributed by atoms with Crippen LogP contribution in [0.2, 0.25) is 0 Å². The fraction of sp³-hybridized carbons (Fsp3) is 0.385. The van der Waals surface area contributed by atoms with Gasteiger partial charge in [-0.05, 0) is 12.1 Å². The number of pyridine rings is 1. The van der Waals surface area contributed by atoms with Crippen LogP contribution in [0.3, 0.4) is 0 Å². The van der Waals surface area contributed by atoms with Gasteiger partial charge in [-0.3, -0.25) is 0 Å². The van der Waals surface area contributed by atoms with E-state index >= 15 is 0 Å². The molecule has 6 nitrogen and oxygen atoms in total. The molecule has 102 valence electrons. The summed E-state index contributed by atoms with van der Waals surface area (Å²) in [6, 6.07) is 3.71. The van der Waals surface area contributed by atoms with Gasteiger partial charge in [-0.25, -0.2) is 9.97 Å². The van der Waals surface area contributed by atoms with E-state index in [4.69, 9.17) is 15.2 Å². The van der Waals surface area contributed by atoms with E-state index in [2.05, 4.69) is 9.97 Å². The predicted octanol–water partition coefficient (Wildman–Crippen LogP) is 1.19. The van der Waals surface area contributed by atoms with E-state index < -0.39 is 0 Å². The molecule has 2 aromatic rings. The molecule has 0 bridgehead atoms. The number of imidazole rings is 1. The van der Waals surface area contributed by atoms with Crippen LogP contribution in [0.5, 0.6) is 0 Å². The summed E-state index contributed by atoms with van der Waals surface area (Å²) in [7, 11) is 1.66. The van der Waals surface area contributed by atoms with Crippen molar-refractivity contribution in [1.82, 2.24) is 14.5 Å². The second-order valence-corrected chi connectivity index (χ2v) is 4.05. The molecule has 0 saturated heterocycles. The lowest BCUT2D eigenvalue weighted by atomic mass is 10.2. The van der Waals surface area contributed by atoms with E-state index in [1.54, 1.807) is 25.7 Å². The first-order valence-electron chi connectivity index (χ1n) is 6.10. The van der Waals surface area contributed by atoms with Gasteiger partial charge in [0.2, 0.25) is 0 Å². The Morgan fingerprint density at radius 2 is 2.11 bits per heavy atom.